The third-order valence-electron chi connectivity index (χ3n) is 5.66. The Labute approximate surface area is 179 Å². The molecule has 2 saturated carbocycles. The second kappa shape index (κ2) is 8.63. The minimum atomic E-state index is -0.380. The van der Waals surface area contributed by atoms with Crippen LogP contribution in [0.3, 0.4) is 0 Å². The van der Waals surface area contributed by atoms with Crippen LogP contribution in [0.4, 0.5) is 4.79 Å². The molecule has 1 aromatic heterocycles. The predicted molar refractivity (Wildman–Crippen MR) is 112 cm³/mol. The number of aromatic nitrogens is 1. The Morgan fingerprint density at radius 2 is 1.90 bits per heavy atom. The first kappa shape index (κ1) is 20.7. The molecule has 160 valence electrons. The summed E-state index contributed by atoms with van der Waals surface area (Å²) in [6.45, 7) is 4.22. The summed E-state index contributed by atoms with van der Waals surface area (Å²) in [5.41, 5.74) is 1.19. The number of aryl methyl sites for hydroxylation is 1. The summed E-state index contributed by atoms with van der Waals surface area (Å²) >= 11 is 1.30. The molecule has 2 aliphatic carbocycles. The number of rotatable bonds is 7. The molecule has 2 fully saturated rings. The molecular weight excluding hydrogens is 404 g/mol. The molecule has 2 aliphatic rings. The van der Waals surface area contributed by atoms with Crippen LogP contribution >= 0.6 is 11.3 Å². The Kier molecular flexibility index (Phi) is 5.94. The topological polar surface area (TPSA) is 86.8 Å². The molecule has 1 aromatic carbocycles. The van der Waals surface area contributed by atoms with E-state index in [-0.39, 0.29) is 36.2 Å². The van der Waals surface area contributed by atoms with E-state index in [4.69, 9.17) is 14.2 Å². The summed E-state index contributed by atoms with van der Waals surface area (Å²) in [4.78, 5) is 28.8. The van der Waals surface area contributed by atoms with Gasteiger partial charge in [-0.2, -0.15) is 0 Å². The summed E-state index contributed by atoms with van der Waals surface area (Å²) in [5, 5.41) is 3.72. The lowest BCUT2D eigenvalue weighted by Crippen LogP contribution is -2.58. The maximum atomic E-state index is 12.1. The minimum absolute atomic E-state index is 0.0469. The molecular formula is C22H26N2O5S. The number of benzene rings is 1. The van der Waals surface area contributed by atoms with Gasteiger partial charge in [-0.25, -0.2) is 14.6 Å². The van der Waals surface area contributed by atoms with Crippen molar-refractivity contribution in [3.05, 3.63) is 45.8 Å². The Hall–Kier alpha value is -2.61. The molecule has 1 spiro atoms. The first-order valence-corrected chi connectivity index (χ1v) is 11.1. The standard InChI is InChI=1S/C22H26N2O5S/c1-3-27-20(25)18-19(23-14(2)30-18)29-17-11-22(12-17)9-16(10-22)24-21(26)28-13-15-7-5-4-6-8-15/h4-8,16-17H,3,9-13H2,1-2H3,(H,24,26). The molecule has 7 nitrogen and oxygen atoms in total. The molecule has 2 aromatic rings. The van der Waals surface area contributed by atoms with E-state index in [0.717, 1.165) is 36.3 Å². The lowest BCUT2D eigenvalue weighted by atomic mass is 9.53. The predicted octanol–water partition coefficient (Wildman–Crippen LogP) is 4.24. The molecule has 0 saturated heterocycles. The quantitative estimate of drug-likeness (QED) is 0.661. The Morgan fingerprint density at radius 3 is 2.60 bits per heavy atom. The molecule has 1 heterocycles. The zero-order chi connectivity index (χ0) is 21.1. The molecule has 1 N–H and O–H groups in total. The van der Waals surface area contributed by atoms with Crippen LogP contribution in [0.2, 0.25) is 0 Å². The van der Waals surface area contributed by atoms with Gasteiger partial charge in [0, 0.05) is 6.04 Å². The number of nitrogens with zero attached hydrogens (tertiary/aromatic N) is 1. The van der Waals surface area contributed by atoms with E-state index < -0.39 is 0 Å². The number of ether oxygens (including phenoxy) is 3. The monoisotopic (exact) mass is 430 g/mol. The van der Waals surface area contributed by atoms with Crippen LogP contribution in [0.1, 0.15) is 52.8 Å². The number of alkyl carbamates (subject to hydrolysis) is 1. The normalized spacial score (nSPS) is 24.5. The zero-order valence-electron chi connectivity index (χ0n) is 17.2. The number of thiazole rings is 1. The van der Waals surface area contributed by atoms with E-state index in [1.165, 1.54) is 11.3 Å². The van der Waals surface area contributed by atoms with Crippen LogP contribution < -0.4 is 10.1 Å². The summed E-state index contributed by atoms with van der Waals surface area (Å²) in [7, 11) is 0. The molecule has 0 unspecified atom stereocenters. The molecule has 8 heteroatoms. The highest BCUT2D eigenvalue weighted by Gasteiger charge is 2.54. The van der Waals surface area contributed by atoms with Crippen molar-refractivity contribution in [3.8, 4) is 5.88 Å². The SMILES string of the molecule is CCOC(=O)c1sc(C)nc1OC1CC2(CC(NC(=O)OCc3ccccc3)C2)C1. The van der Waals surface area contributed by atoms with Crippen molar-refractivity contribution in [3.63, 3.8) is 0 Å². The van der Waals surface area contributed by atoms with Gasteiger partial charge in [0.1, 0.15) is 12.7 Å². The number of hydrogen-bond acceptors (Lipinski definition) is 7. The summed E-state index contributed by atoms with van der Waals surface area (Å²) < 4.78 is 16.4. The van der Waals surface area contributed by atoms with Crippen LogP contribution in [-0.4, -0.2) is 35.8 Å². The van der Waals surface area contributed by atoms with Gasteiger partial charge >= 0.3 is 12.1 Å². The van der Waals surface area contributed by atoms with Crippen LogP contribution in [0.25, 0.3) is 0 Å². The van der Waals surface area contributed by atoms with E-state index in [1.807, 2.05) is 37.3 Å². The van der Waals surface area contributed by atoms with Crippen LogP contribution in [0.15, 0.2) is 30.3 Å². The third-order valence-corrected chi connectivity index (χ3v) is 6.59. The van der Waals surface area contributed by atoms with Crippen molar-refractivity contribution in [2.75, 3.05) is 6.61 Å². The Bertz CT molecular complexity index is 900. The van der Waals surface area contributed by atoms with E-state index in [1.54, 1.807) is 6.92 Å². The number of hydrogen-bond donors (Lipinski definition) is 1. The molecule has 0 aliphatic heterocycles. The van der Waals surface area contributed by atoms with Crippen molar-refractivity contribution < 1.29 is 23.8 Å². The molecule has 0 bridgehead atoms. The van der Waals surface area contributed by atoms with Gasteiger partial charge in [0.05, 0.1) is 11.6 Å². The second-order valence-corrected chi connectivity index (χ2v) is 9.25. The summed E-state index contributed by atoms with van der Waals surface area (Å²) in [6.07, 6.45) is 3.34. The van der Waals surface area contributed by atoms with Gasteiger partial charge in [-0.05, 0) is 50.5 Å². The van der Waals surface area contributed by atoms with Crippen LogP contribution in [0, 0.1) is 12.3 Å². The van der Waals surface area contributed by atoms with E-state index in [0.29, 0.717) is 17.4 Å². The van der Waals surface area contributed by atoms with Crippen molar-refractivity contribution >= 4 is 23.4 Å². The van der Waals surface area contributed by atoms with Gasteiger partial charge in [-0.3, -0.25) is 0 Å². The highest BCUT2D eigenvalue weighted by atomic mass is 32.1. The third kappa shape index (κ3) is 4.59. The molecule has 4 rings (SSSR count). The largest absolute Gasteiger partial charge is 0.473 e. The number of nitrogens with one attached hydrogen (secondary N) is 1. The average Bonchev–Trinajstić information content (AvgIpc) is 3.04. The van der Waals surface area contributed by atoms with Crippen LogP contribution in [0.5, 0.6) is 5.88 Å². The maximum absolute atomic E-state index is 12.1. The molecule has 0 atom stereocenters. The molecule has 0 radical (unpaired) electrons. The number of amides is 1. The van der Waals surface area contributed by atoms with Gasteiger partial charge < -0.3 is 19.5 Å². The fraction of sp³-hybridized carbons (Fsp3) is 0.500. The highest BCUT2D eigenvalue weighted by molar-refractivity contribution is 7.13. The number of esters is 1. The van der Waals surface area contributed by atoms with Crippen molar-refractivity contribution in [2.24, 2.45) is 5.41 Å². The molecule has 30 heavy (non-hydrogen) atoms. The lowest BCUT2D eigenvalue weighted by molar-refractivity contribution is -0.0856. The summed E-state index contributed by atoms with van der Waals surface area (Å²) in [6, 6.07) is 9.77. The number of carbonyl (C=O) groups is 2. The smallest absolute Gasteiger partial charge is 0.407 e. The molecule has 1 amide bonds. The summed E-state index contributed by atoms with van der Waals surface area (Å²) in [5.74, 6) is 0.00310. The minimum Gasteiger partial charge on any atom is -0.473 e. The fourth-order valence-corrected chi connectivity index (χ4v) is 5.06. The first-order valence-electron chi connectivity index (χ1n) is 10.2. The maximum Gasteiger partial charge on any atom is 0.407 e. The first-order chi connectivity index (χ1) is 14.5. The fourth-order valence-electron chi connectivity index (χ4n) is 4.31. The average molecular weight is 431 g/mol. The highest BCUT2D eigenvalue weighted by Crippen LogP contribution is 2.57. The number of carbonyl (C=O) groups excluding carboxylic acids is 2. The van der Waals surface area contributed by atoms with E-state index in [2.05, 4.69) is 10.3 Å². The van der Waals surface area contributed by atoms with E-state index >= 15 is 0 Å². The Balaban J connectivity index is 1.19. The van der Waals surface area contributed by atoms with Crippen LogP contribution in [-0.2, 0) is 16.1 Å². The van der Waals surface area contributed by atoms with Gasteiger partial charge in [-0.1, -0.05) is 30.3 Å². The van der Waals surface area contributed by atoms with Gasteiger partial charge in [0.25, 0.3) is 0 Å². The second-order valence-electron chi connectivity index (χ2n) is 8.05. The zero-order valence-corrected chi connectivity index (χ0v) is 18.0. The van der Waals surface area contributed by atoms with Crippen molar-refractivity contribution in [1.29, 1.82) is 0 Å². The Morgan fingerprint density at radius 1 is 1.17 bits per heavy atom. The van der Waals surface area contributed by atoms with E-state index in [9.17, 15) is 9.59 Å². The lowest BCUT2D eigenvalue weighted by Gasteiger charge is -2.56. The van der Waals surface area contributed by atoms with Gasteiger partial charge in [0.15, 0.2) is 4.88 Å². The van der Waals surface area contributed by atoms with Crippen molar-refractivity contribution in [2.45, 2.75) is 58.3 Å². The van der Waals surface area contributed by atoms with Crippen molar-refractivity contribution in [1.82, 2.24) is 10.3 Å². The van der Waals surface area contributed by atoms with Gasteiger partial charge in [0.2, 0.25) is 5.88 Å². The van der Waals surface area contributed by atoms with Gasteiger partial charge in [-0.15, -0.1) is 11.3 Å².